The van der Waals surface area contributed by atoms with Crippen LogP contribution in [0.25, 0.3) is 16.7 Å². The van der Waals surface area contributed by atoms with Crippen LogP contribution in [-0.2, 0) is 23.9 Å². The molecule has 0 radical (unpaired) electrons. The molecule has 0 saturated heterocycles. The number of rotatable bonds is 10. The van der Waals surface area contributed by atoms with Crippen molar-refractivity contribution in [2.24, 2.45) is 0 Å². The number of esters is 1. The normalized spacial score (nSPS) is 13.7. The summed E-state index contributed by atoms with van der Waals surface area (Å²) in [7, 11) is 0. The molecule has 1 aliphatic rings. The van der Waals surface area contributed by atoms with E-state index in [0.717, 1.165) is 28.5 Å². The van der Waals surface area contributed by atoms with Crippen LogP contribution in [0.15, 0.2) is 48.5 Å². The second-order valence-corrected chi connectivity index (χ2v) is 10.0. The molecular weight excluding hydrogens is 488 g/mol. The third-order valence-corrected chi connectivity index (χ3v) is 5.96. The second kappa shape index (κ2) is 12.3. The predicted octanol–water partition coefficient (Wildman–Crippen LogP) is 3.39. The molecule has 0 aliphatic heterocycles. The summed E-state index contributed by atoms with van der Waals surface area (Å²) in [5.41, 5.74) is 12.0. The molecule has 0 fully saturated rings. The number of nitrogens with zero attached hydrogens (tertiary/aromatic N) is 2. The molecule has 0 saturated carbocycles. The van der Waals surface area contributed by atoms with Crippen molar-refractivity contribution in [2.45, 2.75) is 64.1 Å². The van der Waals surface area contributed by atoms with E-state index < -0.39 is 41.4 Å². The molecule has 0 bridgehead atoms. The number of amides is 2. The number of benzene rings is 2. The number of ketones is 1. The molecule has 10 heteroatoms. The lowest BCUT2D eigenvalue weighted by atomic mass is 9.98. The lowest BCUT2D eigenvalue weighted by Gasteiger charge is -2.25. The third-order valence-electron chi connectivity index (χ3n) is 5.96. The van der Waals surface area contributed by atoms with Gasteiger partial charge in [-0.3, -0.25) is 9.59 Å². The van der Waals surface area contributed by atoms with Crippen LogP contribution in [0.2, 0.25) is 0 Å². The summed E-state index contributed by atoms with van der Waals surface area (Å²) in [4.78, 5) is 52.3. The summed E-state index contributed by atoms with van der Waals surface area (Å²) in [5, 5.41) is 5.01. The highest BCUT2D eigenvalue weighted by Gasteiger charge is 2.31. The number of carbonyl (C=O) groups is 4. The van der Waals surface area contributed by atoms with Crippen LogP contribution in [-0.4, -0.2) is 59.0 Å². The van der Waals surface area contributed by atoms with Crippen LogP contribution in [0.4, 0.5) is 4.79 Å². The van der Waals surface area contributed by atoms with E-state index in [9.17, 15) is 19.2 Å². The molecule has 2 N–H and O–H groups in total. The highest BCUT2D eigenvalue weighted by atomic mass is 16.6. The number of hydrogen-bond donors (Lipinski definition) is 2. The molecule has 2 aromatic rings. The molecule has 1 aliphatic carbocycles. The fraction of sp³-hybridized carbons (Fsp3) is 0.393. The van der Waals surface area contributed by atoms with Gasteiger partial charge in [-0.1, -0.05) is 48.5 Å². The molecule has 2 atom stereocenters. The Balaban J connectivity index is 1.59. The highest BCUT2D eigenvalue weighted by molar-refractivity contribution is 6.25. The van der Waals surface area contributed by atoms with Crippen molar-refractivity contribution in [1.29, 1.82) is 0 Å². The number of Topliss-reactive ketones (excluding diaryl/α,β-unsaturated/α-hetero) is 1. The Hall–Kier alpha value is -4.30. The number of fused-ring (bicyclic) bond motifs is 3. The van der Waals surface area contributed by atoms with E-state index in [2.05, 4.69) is 15.4 Å². The molecular formula is C28H32N4O6. The number of hydrogen-bond acceptors (Lipinski definition) is 6. The standard InChI is InChI=1S/C28H32N4O6/c1-17(25(34)32-24(14-13-18(33)15-30-29)26(35)38-28(2,3)4)31-27(36)37-16-23-21-11-7-5-9-19(21)20-10-6-8-12-22(20)23/h5-12,15,17,23-24H,13-14,16H2,1-4H3,(H,31,36)(H,32,34)/t17-,24-/m0/s1. The van der Waals surface area contributed by atoms with Gasteiger partial charge in [0, 0.05) is 12.3 Å². The Bertz CT molecular complexity index is 1220. The van der Waals surface area contributed by atoms with Gasteiger partial charge in [-0.05, 0) is 56.4 Å². The van der Waals surface area contributed by atoms with Crippen molar-refractivity contribution < 1.29 is 33.4 Å². The summed E-state index contributed by atoms with van der Waals surface area (Å²) in [6, 6.07) is 13.7. The first-order valence-electron chi connectivity index (χ1n) is 12.3. The summed E-state index contributed by atoms with van der Waals surface area (Å²) >= 11 is 0. The van der Waals surface area contributed by atoms with E-state index in [0.29, 0.717) is 0 Å². The van der Waals surface area contributed by atoms with Crippen LogP contribution < -0.4 is 10.6 Å². The Morgan fingerprint density at radius 1 is 1.00 bits per heavy atom. The maximum Gasteiger partial charge on any atom is 0.407 e. The number of alkyl carbamates (subject to hydrolysis) is 1. The lowest BCUT2D eigenvalue weighted by Crippen LogP contribution is -2.51. The molecule has 200 valence electrons. The molecule has 10 nitrogen and oxygen atoms in total. The number of ether oxygens (including phenoxy) is 2. The monoisotopic (exact) mass is 520 g/mol. The molecule has 3 rings (SSSR count). The van der Waals surface area contributed by atoms with Crippen molar-refractivity contribution in [3.05, 3.63) is 65.2 Å². The average Bonchev–Trinajstić information content (AvgIpc) is 3.18. The predicted molar refractivity (Wildman–Crippen MR) is 139 cm³/mol. The first kappa shape index (κ1) is 28.3. The highest BCUT2D eigenvalue weighted by Crippen LogP contribution is 2.44. The Morgan fingerprint density at radius 2 is 1.58 bits per heavy atom. The molecule has 2 aromatic carbocycles. The van der Waals surface area contributed by atoms with Crippen LogP contribution in [0.1, 0.15) is 57.6 Å². The summed E-state index contributed by atoms with van der Waals surface area (Å²) in [5.74, 6) is -2.04. The zero-order chi connectivity index (χ0) is 27.9. The maximum absolute atomic E-state index is 12.8. The van der Waals surface area contributed by atoms with Gasteiger partial charge >= 0.3 is 18.3 Å². The molecule has 0 spiro atoms. The van der Waals surface area contributed by atoms with Crippen LogP contribution in [0.5, 0.6) is 0 Å². The minimum Gasteiger partial charge on any atom is -0.458 e. The third kappa shape index (κ3) is 7.36. The van der Waals surface area contributed by atoms with Gasteiger partial charge in [0.15, 0.2) is 0 Å². The quantitative estimate of drug-likeness (QED) is 0.212. The van der Waals surface area contributed by atoms with Crippen molar-refractivity contribution >= 4 is 30.0 Å². The Morgan fingerprint density at radius 3 is 2.13 bits per heavy atom. The Kier molecular flexibility index (Phi) is 9.15. The summed E-state index contributed by atoms with van der Waals surface area (Å²) in [6.45, 7) is 6.56. The van der Waals surface area contributed by atoms with E-state index in [1.165, 1.54) is 6.92 Å². The van der Waals surface area contributed by atoms with Gasteiger partial charge in [0.25, 0.3) is 0 Å². The largest absolute Gasteiger partial charge is 0.458 e. The maximum atomic E-state index is 12.8. The minimum absolute atomic E-state index is 0.0802. The zero-order valence-corrected chi connectivity index (χ0v) is 21.9. The summed E-state index contributed by atoms with van der Waals surface area (Å²) in [6.07, 6.45) is -0.307. The van der Waals surface area contributed by atoms with E-state index in [4.69, 9.17) is 15.0 Å². The van der Waals surface area contributed by atoms with Gasteiger partial charge in [-0.2, -0.15) is 4.79 Å². The number of carbonyl (C=O) groups excluding carboxylic acids is 4. The van der Waals surface area contributed by atoms with Crippen molar-refractivity contribution in [3.8, 4) is 11.1 Å². The fourth-order valence-corrected chi connectivity index (χ4v) is 4.22. The van der Waals surface area contributed by atoms with E-state index in [1.807, 2.05) is 48.5 Å². The van der Waals surface area contributed by atoms with Gasteiger partial charge in [0.1, 0.15) is 24.3 Å². The molecule has 0 aromatic heterocycles. The first-order valence-corrected chi connectivity index (χ1v) is 12.3. The molecule has 0 heterocycles. The van der Waals surface area contributed by atoms with Crippen molar-refractivity contribution in [3.63, 3.8) is 0 Å². The van der Waals surface area contributed by atoms with E-state index in [1.54, 1.807) is 20.8 Å². The van der Waals surface area contributed by atoms with Crippen LogP contribution in [0, 0.1) is 0 Å². The molecule has 0 unspecified atom stereocenters. The molecule has 38 heavy (non-hydrogen) atoms. The van der Waals surface area contributed by atoms with Crippen molar-refractivity contribution in [1.82, 2.24) is 10.6 Å². The average molecular weight is 521 g/mol. The lowest BCUT2D eigenvalue weighted by molar-refractivity contribution is -0.159. The van der Waals surface area contributed by atoms with Crippen LogP contribution >= 0.6 is 0 Å². The number of nitrogens with one attached hydrogen (secondary N) is 2. The van der Waals surface area contributed by atoms with Gasteiger partial charge in [0.2, 0.25) is 11.7 Å². The zero-order valence-electron chi connectivity index (χ0n) is 21.9. The van der Waals surface area contributed by atoms with Gasteiger partial charge in [0.05, 0.1) is 0 Å². The van der Waals surface area contributed by atoms with E-state index >= 15 is 0 Å². The van der Waals surface area contributed by atoms with Gasteiger partial charge in [-0.25, -0.2) is 9.59 Å². The van der Waals surface area contributed by atoms with Gasteiger partial charge in [-0.15, -0.1) is 0 Å². The minimum atomic E-state index is -1.15. The fourth-order valence-electron chi connectivity index (χ4n) is 4.22. The summed E-state index contributed by atoms with van der Waals surface area (Å²) < 4.78 is 10.8. The second-order valence-electron chi connectivity index (χ2n) is 10.0. The van der Waals surface area contributed by atoms with Crippen LogP contribution in [0.3, 0.4) is 0 Å². The van der Waals surface area contributed by atoms with Crippen molar-refractivity contribution in [2.75, 3.05) is 6.61 Å². The smallest absolute Gasteiger partial charge is 0.407 e. The first-order chi connectivity index (χ1) is 18.0. The Labute approximate surface area is 221 Å². The topological polar surface area (TPSA) is 147 Å². The van der Waals surface area contributed by atoms with Gasteiger partial charge < -0.3 is 25.6 Å². The SMILES string of the molecule is C[C@H](NC(=O)OCC1c2ccccc2-c2ccccc21)C(=O)N[C@@H](CCC(=O)C=[N+]=[N-])C(=O)OC(C)(C)C. The van der Waals surface area contributed by atoms with E-state index in [-0.39, 0.29) is 25.4 Å². The molecule has 2 amide bonds.